The molecule has 0 spiro atoms. The van der Waals surface area contributed by atoms with Crippen LogP contribution in [-0.2, 0) is 38.0 Å². The van der Waals surface area contributed by atoms with Crippen LogP contribution in [0.2, 0.25) is 0 Å². The summed E-state index contributed by atoms with van der Waals surface area (Å²) in [6, 6.07) is 15.1. The molecule has 2 aromatic rings. The maximum absolute atomic E-state index is 15.3. The number of alkyl carbamates (subject to hydrolysis) is 1. The first-order chi connectivity index (χ1) is 27.0. The quantitative estimate of drug-likeness (QED) is 0.148. The van der Waals surface area contributed by atoms with Gasteiger partial charge >= 0.3 is 18.0 Å². The lowest BCUT2D eigenvalue weighted by atomic mass is 9.45. The van der Waals surface area contributed by atoms with E-state index in [0.29, 0.717) is 11.1 Å². The zero-order valence-electron chi connectivity index (χ0n) is 35.2. The maximum Gasteiger partial charge on any atom is 0.408 e. The van der Waals surface area contributed by atoms with Gasteiger partial charge in [-0.3, -0.25) is 4.79 Å². The van der Waals surface area contributed by atoms with E-state index >= 15 is 4.79 Å². The first-order valence-corrected chi connectivity index (χ1v) is 19.5. The van der Waals surface area contributed by atoms with E-state index in [1.54, 1.807) is 97.0 Å². The second-order valence-corrected chi connectivity index (χ2v) is 17.6. The fourth-order valence-corrected chi connectivity index (χ4v) is 9.64. The molecule has 2 bridgehead atoms. The molecule has 0 aliphatic heterocycles. The zero-order chi connectivity index (χ0) is 43.2. The van der Waals surface area contributed by atoms with Gasteiger partial charge in [-0.2, -0.15) is 0 Å². The van der Waals surface area contributed by atoms with Crippen molar-refractivity contribution in [2.24, 2.45) is 16.7 Å². The van der Waals surface area contributed by atoms with Crippen LogP contribution < -0.4 is 5.32 Å². The van der Waals surface area contributed by atoms with Gasteiger partial charge < -0.3 is 49.1 Å². The number of carbonyl (C=O) groups is 4. The minimum absolute atomic E-state index is 0.0758. The normalized spacial score (nSPS) is 33.1. The number of ether oxygens (including phenoxy) is 6. The van der Waals surface area contributed by atoms with Crippen LogP contribution in [0, 0.1) is 16.7 Å². The van der Waals surface area contributed by atoms with E-state index in [1.165, 1.54) is 40.4 Å². The summed E-state index contributed by atoms with van der Waals surface area (Å²) in [6.45, 7) is 13.1. The van der Waals surface area contributed by atoms with Gasteiger partial charge in [-0.15, -0.1) is 0 Å². The number of benzene rings is 2. The number of esters is 2. The molecule has 0 saturated heterocycles. The Morgan fingerprint density at radius 2 is 1.41 bits per heavy atom. The van der Waals surface area contributed by atoms with Crippen molar-refractivity contribution in [3.8, 4) is 0 Å². The largest absolute Gasteiger partial charge is 0.456 e. The molecule has 14 nitrogen and oxygen atoms in total. The monoisotopic (exact) mass is 809 g/mol. The minimum atomic E-state index is -2.21. The molecular formula is C44H59NO13. The number of hydrogen-bond acceptors (Lipinski definition) is 13. The number of aliphatic hydroxyl groups is 3. The molecule has 0 radical (unpaired) electrons. The summed E-state index contributed by atoms with van der Waals surface area (Å²) >= 11 is 0. The highest BCUT2D eigenvalue weighted by molar-refractivity contribution is 5.94. The second-order valence-electron chi connectivity index (χ2n) is 17.6. The van der Waals surface area contributed by atoms with Gasteiger partial charge in [0, 0.05) is 45.5 Å². The molecule has 3 aliphatic rings. The summed E-state index contributed by atoms with van der Waals surface area (Å²) in [5.74, 6) is -3.93. The Hall–Kier alpha value is -4.18. The number of carbonyl (C=O) groups excluding carboxylic acids is 4. The van der Waals surface area contributed by atoms with E-state index in [1.807, 2.05) is 0 Å². The maximum atomic E-state index is 15.3. The van der Waals surface area contributed by atoms with Crippen LogP contribution in [-0.4, -0.2) is 114 Å². The number of rotatable bonds is 10. The highest BCUT2D eigenvalue weighted by Crippen LogP contribution is 2.62. The summed E-state index contributed by atoms with van der Waals surface area (Å²) in [6.07, 6.45) is -9.47. The van der Waals surface area contributed by atoms with Crippen LogP contribution in [0.4, 0.5) is 4.79 Å². The van der Waals surface area contributed by atoms with Crippen LogP contribution in [0.5, 0.6) is 0 Å². The Labute approximate surface area is 340 Å². The number of Topliss-reactive ketones (excluding diaryl/α,β-unsaturated/α-hetero) is 1. The van der Waals surface area contributed by atoms with Crippen LogP contribution in [0.15, 0.2) is 71.8 Å². The lowest BCUT2D eigenvalue weighted by molar-refractivity contribution is -0.280. The molecule has 5 rings (SSSR count). The number of amides is 1. The van der Waals surface area contributed by atoms with Gasteiger partial charge in [-0.25, -0.2) is 14.4 Å². The van der Waals surface area contributed by atoms with Gasteiger partial charge in [0.2, 0.25) is 0 Å². The molecule has 4 N–H and O–H groups in total. The summed E-state index contributed by atoms with van der Waals surface area (Å²) in [5.41, 5.74) is -7.02. The fraction of sp³-hybridized carbons (Fsp3) is 0.591. The first kappa shape index (κ1) is 44.9. The number of fused-ring (bicyclic) bond motifs is 3. The standard InChI is InChI=1S/C44H59NO13/c1-24-27(56-38(49)32(46)31(25-18-14-12-15-19-25)45-39(50)58-40(2,3)4)23-44(52)36(57-37(48)26-20-16-13-17-21-26)34-42(7,28(53-9)22-29(54-10)43(34,8)51)35(47)33(55-11)30(24)41(44,5)6/h12-21,27-29,31-34,36,46,51-52H,22-23H2,1-11H3,(H,45,50)/t27-,28-,29+,31-,32+,33+,34-,36-,42+,43-,44+/m0/s1. The molecule has 14 heteroatoms. The molecule has 11 atom stereocenters. The minimum Gasteiger partial charge on any atom is -0.456 e. The third kappa shape index (κ3) is 7.82. The van der Waals surface area contributed by atoms with E-state index in [2.05, 4.69) is 5.32 Å². The lowest BCUT2D eigenvalue weighted by Crippen LogP contribution is -2.77. The Morgan fingerprint density at radius 3 is 1.95 bits per heavy atom. The van der Waals surface area contributed by atoms with E-state index in [-0.39, 0.29) is 17.6 Å². The van der Waals surface area contributed by atoms with Crippen molar-refractivity contribution in [2.45, 2.75) is 128 Å². The predicted octanol–water partition coefficient (Wildman–Crippen LogP) is 4.63. The van der Waals surface area contributed by atoms with Crippen LogP contribution in [0.1, 0.15) is 90.2 Å². The van der Waals surface area contributed by atoms with Crippen molar-refractivity contribution in [3.63, 3.8) is 0 Å². The zero-order valence-corrected chi connectivity index (χ0v) is 35.2. The topological polar surface area (TPSA) is 196 Å². The molecule has 3 aliphatic carbocycles. The lowest BCUT2D eigenvalue weighted by Gasteiger charge is -2.64. The molecule has 1 amide bonds. The van der Waals surface area contributed by atoms with Crippen molar-refractivity contribution in [1.29, 1.82) is 0 Å². The third-order valence-corrected chi connectivity index (χ3v) is 12.7. The molecule has 0 heterocycles. The van der Waals surface area contributed by atoms with Gasteiger partial charge in [0.05, 0.1) is 34.8 Å². The number of hydrogen-bond donors (Lipinski definition) is 4. The van der Waals surface area contributed by atoms with Crippen molar-refractivity contribution < 1.29 is 62.9 Å². The van der Waals surface area contributed by atoms with Crippen LogP contribution in [0.3, 0.4) is 0 Å². The average Bonchev–Trinajstić information content (AvgIpc) is 3.16. The second kappa shape index (κ2) is 16.5. The summed E-state index contributed by atoms with van der Waals surface area (Å²) < 4.78 is 35.7. The van der Waals surface area contributed by atoms with Gasteiger partial charge in [0.25, 0.3) is 0 Å². The van der Waals surface area contributed by atoms with Gasteiger partial charge in [0.15, 0.2) is 11.9 Å². The smallest absolute Gasteiger partial charge is 0.408 e. The summed E-state index contributed by atoms with van der Waals surface area (Å²) in [7, 11) is 4.19. The average molecular weight is 810 g/mol. The van der Waals surface area contributed by atoms with Crippen LogP contribution in [0.25, 0.3) is 0 Å². The highest BCUT2D eigenvalue weighted by Gasteiger charge is 2.74. The fourth-order valence-electron chi connectivity index (χ4n) is 9.64. The van der Waals surface area contributed by atoms with E-state index in [0.717, 1.165) is 0 Å². The van der Waals surface area contributed by atoms with Crippen LogP contribution >= 0.6 is 0 Å². The van der Waals surface area contributed by atoms with E-state index < -0.39 is 106 Å². The van der Waals surface area contributed by atoms with E-state index in [4.69, 9.17) is 28.4 Å². The van der Waals surface area contributed by atoms with Gasteiger partial charge in [-0.1, -0.05) is 62.4 Å². The molecule has 318 valence electrons. The summed E-state index contributed by atoms with van der Waals surface area (Å²) in [5, 5.41) is 40.4. The predicted molar refractivity (Wildman–Crippen MR) is 210 cm³/mol. The molecule has 2 fully saturated rings. The van der Waals surface area contributed by atoms with E-state index in [9.17, 15) is 29.7 Å². The molecule has 2 saturated carbocycles. The molecule has 2 aromatic carbocycles. The SMILES string of the molecule is CO[C@H]1C(=O)[C@]2(C)[C@@H](OC)C[C@@H](OC)[C@](C)(O)[C@H]2[C@H](OC(=O)c2ccccc2)[C@]2(O)C[C@H](OC(=O)[C@H](O)[C@@H](NC(=O)OC(C)(C)C)c3ccccc3)C(C)=C1C2(C)C. The highest BCUT2D eigenvalue weighted by atomic mass is 16.6. The van der Waals surface area contributed by atoms with Crippen molar-refractivity contribution >= 4 is 23.8 Å². The van der Waals surface area contributed by atoms with Crippen molar-refractivity contribution in [3.05, 3.63) is 82.9 Å². The summed E-state index contributed by atoms with van der Waals surface area (Å²) in [4.78, 5) is 56.6. The Kier molecular flexibility index (Phi) is 12.7. The number of ketones is 1. The molecular weight excluding hydrogens is 750 g/mol. The van der Waals surface area contributed by atoms with Crippen molar-refractivity contribution in [1.82, 2.24) is 5.32 Å². The third-order valence-electron chi connectivity index (χ3n) is 12.7. The molecule has 0 unspecified atom stereocenters. The van der Waals surface area contributed by atoms with Gasteiger partial charge in [0.1, 0.15) is 29.5 Å². The first-order valence-electron chi connectivity index (χ1n) is 19.5. The number of methoxy groups -OCH3 is 3. The molecule has 0 aromatic heterocycles. The Bertz CT molecular complexity index is 1870. The molecule has 58 heavy (non-hydrogen) atoms. The number of nitrogens with one attached hydrogen (secondary N) is 1. The van der Waals surface area contributed by atoms with Gasteiger partial charge in [-0.05, 0) is 70.4 Å². The number of aliphatic hydroxyl groups excluding tert-OH is 1. The Balaban J connectivity index is 1.69. The Morgan fingerprint density at radius 1 is 0.845 bits per heavy atom. The van der Waals surface area contributed by atoms with Crippen molar-refractivity contribution in [2.75, 3.05) is 21.3 Å².